The Labute approximate surface area is 70.8 Å². The maximum Gasteiger partial charge on any atom is 0.331 e. The highest BCUT2D eigenvalue weighted by molar-refractivity contribution is 5.79. The van der Waals surface area contributed by atoms with E-state index < -0.39 is 5.97 Å². The first-order valence-electron chi connectivity index (χ1n) is 3.95. The second-order valence-corrected chi connectivity index (χ2v) is 2.57. The normalized spacial score (nSPS) is 24.2. The third-order valence-electron chi connectivity index (χ3n) is 1.58. The van der Waals surface area contributed by atoms with E-state index in [4.69, 9.17) is 14.6 Å². The van der Waals surface area contributed by atoms with Crippen LogP contribution in [0.15, 0.2) is 12.3 Å². The van der Waals surface area contributed by atoms with Gasteiger partial charge in [0.1, 0.15) is 0 Å². The average Bonchev–Trinajstić information content (AvgIpc) is 2.05. The molecule has 1 heterocycles. The average molecular weight is 172 g/mol. The highest BCUT2D eigenvalue weighted by atomic mass is 16.7. The van der Waals surface area contributed by atoms with Gasteiger partial charge in [0.2, 0.25) is 0 Å². The van der Waals surface area contributed by atoms with Crippen LogP contribution in [0, 0.1) is 0 Å². The SMILES string of the molecule is O=C(O)/C=C/OC1CCCCO1. The Kier molecular flexibility index (Phi) is 3.60. The van der Waals surface area contributed by atoms with Crippen molar-refractivity contribution < 1.29 is 19.4 Å². The van der Waals surface area contributed by atoms with Gasteiger partial charge in [0.25, 0.3) is 0 Å². The summed E-state index contributed by atoms with van der Waals surface area (Å²) in [5.74, 6) is -1.01. The Bertz CT molecular complexity index is 170. The highest BCUT2D eigenvalue weighted by Gasteiger charge is 2.12. The molecule has 1 saturated heterocycles. The molecule has 0 bridgehead atoms. The van der Waals surface area contributed by atoms with Gasteiger partial charge < -0.3 is 14.6 Å². The van der Waals surface area contributed by atoms with E-state index in [-0.39, 0.29) is 6.29 Å². The lowest BCUT2D eigenvalue weighted by Gasteiger charge is -2.21. The molecule has 0 radical (unpaired) electrons. The monoisotopic (exact) mass is 172 g/mol. The zero-order chi connectivity index (χ0) is 8.81. The molecule has 1 unspecified atom stereocenters. The summed E-state index contributed by atoms with van der Waals surface area (Å²) < 4.78 is 10.2. The van der Waals surface area contributed by atoms with Gasteiger partial charge in [-0.3, -0.25) is 0 Å². The molecule has 0 aromatic rings. The van der Waals surface area contributed by atoms with Crippen LogP contribution >= 0.6 is 0 Å². The Morgan fingerprint density at radius 3 is 3.00 bits per heavy atom. The number of carboxylic acids is 1. The Balaban J connectivity index is 2.17. The molecule has 1 N–H and O–H groups in total. The fourth-order valence-corrected chi connectivity index (χ4v) is 1.00. The maximum atomic E-state index is 10.0. The quantitative estimate of drug-likeness (QED) is 0.512. The summed E-state index contributed by atoms with van der Waals surface area (Å²) in [6.07, 6.45) is 4.84. The molecule has 0 aromatic heterocycles. The van der Waals surface area contributed by atoms with Gasteiger partial charge in [-0.1, -0.05) is 0 Å². The summed E-state index contributed by atoms with van der Waals surface area (Å²) in [4.78, 5) is 10.0. The highest BCUT2D eigenvalue weighted by Crippen LogP contribution is 2.13. The fourth-order valence-electron chi connectivity index (χ4n) is 1.00. The lowest BCUT2D eigenvalue weighted by molar-refractivity contribution is -0.134. The summed E-state index contributed by atoms with van der Waals surface area (Å²) in [6.45, 7) is 0.700. The lowest BCUT2D eigenvalue weighted by atomic mass is 10.2. The molecule has 1 aliphatic heterocycles. The number of rotatable bonds is 3. The molecule has 4 heteroatoms. The zero-order valence-electron chi connectivity index (χ0n) is 6.73. The van der Waals surface area contributed by atoms with Gasteiger partial charge in [0.15, 0.2) is 6.29 Å². The van der Waals surface area contributed by atoms with E-state index >= 15 is 0 Å². The standard InChI is InChI=1S/C8H12O4/c9-7(10)4-6-12-8-3-1-2-5-11-8/h4,6,8H,1-3,5H2,(H,9,10)/b6-4+. The minimum Gasteiger partial charge on any atom is -0.478 e. The molecule has 1 fully saturated rings. The number of carbonyl (C=O) groups is 1. The van der Waals surface area contributed by atoms with Gasteiger partial charge in [-0.05, 0) is 12.8 Å². The first kappa shape index (κ1) is 9.06. The van der Waals surface area contributed by atoms with E-state index in [1.54, 1.807) is 0 Å². The molecule has 0 spiro atoms. The van der Waals surface area contributed by atoms with Crippen LogP contribution in [0.4, 0.5) is 0 Å². The number of ether oxygens (including phenoxy) is 2. The zero-order valence-corrected chi connectivity index (χ0v) is 6.73. The predicted molar refractivity (Wildman–Crippen MR) is 41.5 cm³/mol. The van der Waals surface area contributed by atoms with E-state index in [1.807, 2.05) is 0 Å². The molecule has 4 nitrogen and oxygen atoms in total. The van der Waals surface area contributed by atoms with Crippen LogP contribution in [-0.4, -0.2) is 24.0 Å². The van der Waals surface area contributed by atoms with Crippen LogP contribution in [0.2, 0.25) is 0 Å². The van der Waals surface area contributed by atoms with Crippen molar-refractivity contribution in [1.82, 2.24) is 0 Å². The molecule has 68 valence electrons. The maximum absolute atomic E-state index is 10.0. The topological polar surface area (TPSA) is 55.8 Å². The second-order valence-electron chi connectivity index (χ2n) is 2.57. The Morgan fingerprint density at radius 1 is 1.58 bits per heavy atom. The van der Waals surface area contributed by atoms with E-state index in [0.717, 1.165) is 25.3 Å². The first-order valence-corrected chi connectivity index (χ1v) is 3.95. The van der Waals surface area contributed by atoms with E-state index in [1.165, 1.54) is 6.26 Å². The van der Waals surface area contributed by atoms with Gasteiger partial charge in [-0.15, -0.1) is 0 Å². The van der Waals surface area contributed by atoms with Gasteiger partial charge >= 0.3 is 5.97 Å². The van der Waals surface area contributed by atoms with Crippen molar-refractivity contribution in [3.05, 3.63) is 12.3 Å². The molecule has 1 aliphatic rings. The summed E-state index contributed by atoms with van der Waals surface area (Å²) in [5.41, 5.74) is 0. The largest absolute Gasteiger partial charge is 0.478 e. The molecule has 12 heavy (non-hydrogen) atoms. The van der Waals surface area contributed by atoms with Crippen molar-refractivity contribution in [1.29, 1.82) is 0 Å². The molecule has 1 atom stereocenters. The minimum atomic E-state index is -1.01. The number of hydrogen-bond donors (Lipinski definition) is 1. The van der Waals surface area contributed by atoms with Gasteiger partial charge in [0.05, 0.1) is 18.9 Å². The molecular formula is C8H12O4. The number of hydrogen-bond acceptors (Lipinski definition) is 3. The Morgan fingerprint density at radius 2 is 2.42 bits per heavy atom. The molecule has 0 aromatic carbocycles. The van der Waals surface area contributed by atoms with Crippen LogP contribution in [0.3, 0.4) is 0 Å². The van der Waals surface area contributed by atoms with Crippen molar-refractivity contribution in [2.45, 2.75) is 25.6 Å². The van der Waals surface area contributed by atoms with Crippen LogP contribution in [0.5, 0.6) is 0 Å². The predicted octanol–water partition coefficient (Wildman–Crippen LogP) is 1.13. The molecule has 0 amide bonds. The van der Waals surface area contributed by atoms with Crippen LogP contribution in [0.1, 0.15) is 19.3 Å². The van der Waals surface area contributed by atoms with Gasteiger partial charge in [-0.25, -0.2) is 4.79 Å². The van der Waals surface area contributed by atoms with Crippen LogP contribution in [-0.2, 0) is 14.3 Å². The molecule has 0 aliphatic carbocycles. The number of aliphatic carboxylic acids is 1. The van der Waals surface area contributed by atoms with Crippen molar-refractivity contribution >= 4 is 5.97 Å². The van der Waals surface area contributed by atoms with Gasteiger partial charge in [0, 0.05) is 6.42 Å². The summed E-state index contributed by atoms with van der Waals surface area (Å²) in [5, 5.41) is 8.24. The summed E-state index contributed by atoms with van der Waals surface area (Å²) in [6, 6.07) is 0. The van der Waals surface area contributed by atoms with Crippen molar-refractivity contribution in [2.24, 2.45) is 0 Å². The van der Waals surface area contributed by atoms with Crippen LogP contribution in [0.25, 0.3) is 0 Å². The van der Waals surface area contributed by atoms with Crippen molar-refractivity contribution in [3.63, 3.8) is 0 Å². The summed E-state index contributed by atoms with van der Waals surface area (Å²) in [7, 11) is 0. The smallest absolute Gasteiger partial charge is 0.331 e. The first-order chi connectivity index (χ1) is 5.79. The number of carboxylic acid groups (broad SMARTS) is 1. The molecule has 1 rings (SSSR count). The molecule has 0 saturated carbocycles. The fraction of sp³-hybridized carbons (Fsp3) is 0.625. The van der Waals surface area contributed by atoms with Crippen molar-refractivity contribution in [3.8, 4) is 0 Å². The minimum absolute atomic E-state index is 0.255. The summed E-state index contributed by atoms with van der Waals surface area (Å²) >= 11 is 0. The van der Waals surface area contributed by atoms with E-state index in [9.17, 15) is 4.79 Å². The Hall–Kier alpha value is -1.03. The third-order valence-corrected chi connectivity index (χ3v) is 1.58. The van der Waals surface area contributed by atoms with E-state index in [0.29, 0.717) is 6.61 Å². The van der Waals surface area contributed by atoms with Crippen LogP contribution < -0.4 is 0 Å². The van der Waals surface area contributed by atoms with Crippen molar-refractivity contribution in [2.75, 3.05) is 6.61 Å². The molecular weight excluding hydrogens is 160 g/mol. The third kappa shape index (κ3) is 3.39. The van der Waals surface area contributed by atoms with Gasteiger partial charge in [-0.2, -0.15) is 0 Å². The van der Waals surface area contributed by atoms with E-state index in [2.05, 4.69) is 0 Å². The lowest BCUT2D eigenvalue weighted by Crippen LogP contribution is -2.20. The second kappa shape index (κ2) is 4.77.